The Kier molecular flexibility index (Phi) is 3.26. The summed E-state index contributed by atoms with van der Waals surface area (Å²) in [6.07, 6.45) is 5.55. The van der Waals surface area contributed by atoms with Crippen LogP contribution < -0.4 is 5.73 Å². The van der Waals surface area contributed by atoms with Gasteiger partial charge in [0.05, 0.1) is 13.2 Å². The minimum absolute atomic E-state index is 0.191. The van der Waals surface area contributed by atoms with Crippen LogP contribution in [0, 0.1) is 5.92 Å². The third-order valence-electron chi connectivity index (χ3n) is 3.48. The molecule has 1 amide bonds. The maximum Gasteiger partial charge on any atom is 0.217 e. The zero-order valence-electron chi connectivity index (χ0n) is 9.04. The molecule has 1 saturated carbocycles. The molecule has 15 heavy (non-hydrogen) atoms. The summed E-state index contributed by atoms with van der Waals surface area (Å²) in [5.41, 5.74) is 5.14. The van der Waals surface area contributed by atoms with E-state index in [0.717, 1.165) is 45.3 Å². The smallest absolute Gasteiger partial charge is 0.217 e. The molecule has 0 atom stereocenters. The number of hydrogen-bond donors (Lipinski definition) is 1. The van der Waals surface area contributed by atoms with Gasteiger partial charge in [-0.05, 0) is 25.2 Å². The molecule has 1 spiro atoms. The van der Waals surface area contributed by atoms with Crippen molar-refractivity contribution in [1.82, 2.24) is 0 Å². The van der Waals surface area contributed by atoms with Gasteiger partial charge in [0.15, 0.2) is 5.79 Å². The number of hydrogen-bond acceptors (Lipinski definition) is 3. The summed E-state index contributed by atoms with van der Waals surface area (Å²) in [6.45, 7) is 1.46. The molecule has 0 bridgehead atoms. The Labute approximate surface area is 90.1 Å². The molecule has 0 aromatic rings. The Morgan fingerprint density at radius 1 is 1.27 bits per heavy atom. The molecule has 1 heterocycles. The van der Waals surface area contributed by atoms with Crippen LogP contribution in [0.2, 0.25) is 0 Å². The van der Waals surface area contributed by atoms with Gasteiger partial charge in [-0.1, -0.05) is 0 Å². The van der Waals surface area contributed by atoms with Crippen molar-refractivity contribution in [1.29, 1.82) is 0 Å². The van der Waals surface area contributed by atoms with Gasteiger partial charge in [0.1, 0.15) is 0 Å². The van der Waals surface area contributed by atoms with E-state index < -0.39 is 0 Å². The van der Waals surface area contributed by atoms with Crippen LogP contribution >= 0.6 is 0 Å². The third kappa shape index (κ3) is 2.69. The molecule has 0 aromatic carbocycles. The van der Waals surface area contributed by atoms with Crippen LogP contribution in [0.1, 0.15) is 38.5 Å². The fourth-order valence-electron chi connectivity index (χ4n) is 2.54. The molecule has 0 radical (unpaired) electrons. The van der Waals surface area contributed by atoms with E-state index in [1.165, 1.54) is 0 Å². The highest BCUT2D eigenvalue weighted by molar-refractivity contribution is 5.73. The zero-order chi connectivity index (χ0) is 10.7. The summed E-state index contributed by atoms with van der Waals surface area (Å²) < 4.78 is 11.3. The summed E-state index contributed by atoms with van der Waals surface area (Å²) >= 11 is 0. The average Bonchev–Trinajstić information content (AvgIpc) is 2.66. The lowest BCUT2D eigenvalue weighted by molar-refractivity contribution is -0.182. The molecular formula is C11H19NO3. The summed E-state index contributed by atoms with van der Waals surface area (Å²) in [5, 5.41) is 0. The van der Waals surface area contributed by atoms with Crippen LogP contribution in [0.25, 0.3) is 0 Å². The van der Waals surface area contributed by atoms with Gasteiger partial charge in [-0.3, -0.25) is 4.79 Å². The van der Waals surface area contributed by atoms with Crippen molar-refractivity contribution in [2.24, 2.45) is 11.7 Å². The number of nitrogens with two attached hydrogens (primary N) is 1. The van der Waals surface area contributed by atoms with Crippen molar-refractivity contribution in [3.8, 4) is 0 Å². The predicted molar refractivity (Wildman–Crippen MR) is 55.0 cm³/mol. The van der Waals surface area contributed by atoms with Crippen molar-refractivity contribution < 1.29 is 14.3 Å². The average molecular weight is 213 g/mol. The second kappa shape index (κ2) is 4.49. The number of primary amides is 1. The lowest BCUT2D eigenvalue weighted by Crippen LogP contribution is -2.35. The van der Waals surface area contributed by atoms with Crippen molar-refractivity contribution >= 4 is 5.91 Å². The van der Waals surface area contributed by atoms with E-state index in [2.05, 4.69) is 0 Å². The van der Waals surface area contributed by atoms with E-state index in [0.29, 0.717) is 12.3 Å². The first-order chi connectivity index (χ1) is 7.20. The molecule has 1 aliphatic carbocycles. The van der Waals surface area contributed by atoms with Gasteiger partial charge in [0.2, 0.25) is 5.91 Å². The SMILES string of the molecule is NC(=O)CCC1CCC2(CC1)OCCO2. The van der Waals surface area contributed by atoms with Crippen LogP contribution in [0.5, 0.6) is 0 Å². The Hall–Kier alpha value is -0.610. The van der Waals surface area contributed by atoms with Gasteiger partial charge in [-0.15, -0.1) is 0 Å². The van der Waals surface area contributed by atoms with Gasteiger partial charge in [-0.25, -0.2) is 0 Å². The molecule has 4 heteroatoms. The second-order valence-corrected chi connectivity index (χ2v) is 4.56. The van der Waals surface area contributed by atoms with E-state index in [-0.39, 0.29) is 11.7 Å². The van der Waals surface area contributed by atoms with Crippen LogP contribution in [0.15, 0.2) is 0 Å². The van der Waals surface area contributed by atoms with Gasteiger partial charge in [0.25, 0.3) is 0 Å². The van der Waals surface area contributed by atoms with Crippen LogP contribution in [0.3, 0.4) is 0 Å². The molecule has 2 rings (SSSR count). The molecule has 86 valence electrons. The molecule has 1 saturated heterocycles. The van der Waals surface area contributed by atoms with Gasteiger partial charge in [-0.2, -0.15) is 0 Å². The van der Waals surface area contributed by atoms with E-state index in [9.17, 15) is 4.79 Å². The summed E-state index contributed by atoms with van der Waals surface area (Å²) in [6, 6.07) is 0. The van der Waals surface area contributed by atoms with Crippen LogP contribution in [-0.2, 0) is 14.3 Å². The predicted octanol–water partition coefficient (Wildman–Crippen LogP) is 1.19. The lowest BCUT2D eigenvalue weighted by atomic mass is 9.82. The number of ether oxygens (including phenoxy) is 2. The monoisotopic (exact) mass is 213 g/mol. The standard InChI is InChI=1S/C11H19NO3/c12-10(13)2-1-9-3-5-11(6-4-9)14-7-8-15-11/h9H,1-8H2,(H2,12,13). The van der Waals surface area contributed by atoms with Crippen molar-refractivity contribution in [3.05, 3.63) is 0 Å². The quantitative estimate of drug-likeness (QED) is 0.766. The van der Waals surface area contributed by atoms with Crippen molar-refractivity contribution in [2.45, 2.75) is 44.3 Å². The molecule has 2 N–H and O–H groups in total. The molecule has 0 unspecified atom stereocenters. The number of carbonyl (C=O) groups is 1. The normalized spacial score (nSPS) is 25.9. The molecule has 2 aliphatic rings. The third-order valence-corrected chi connectivity index (χ3v) is 3.48. The van der Waals surface area contributed by atoms with Gasteiger partial charge >= 0.3 is 0 Å². The molecule has 0 aromatic heterocycles. The maximum atomic E-state index is 10.7. The fraction of sp³-hybridized carbons (Fsp3) is 0.909. The summed E-state index contributed by atoms with van der Waals surface area (Å²) in [4.78, 5) is 10.7. The first-order valence-electron chi connectivity index (χ1n) is 5.76. The highest BCUT2D eigenvalue weighted by Crippen LogP contribution is 2.39. The lowest BCUT2D eigenvalue weighted by Gasteiger charge is -2.35. The molecular weight excluding hydrogens is 194 g/mol. The molecule has 4 nitrogen and oxygen atoms in total. The van der Waals surface area contributed by atoms with E-state index >= 15 is 0 Å². The Balaban J connectivity index is 1.74. The minimum Gasteiger partial charge on any atom is -0.370 e. The topological polar surface area (TPSA) is 61.6 Å². The number of carbonyl (C=O) groups excluding carboxylic acids is 1. The molecule has 1 aliphatic heterocycles. The van der Waals surface area contributed by atoms with Crippen molar-refractivity contribution in [3.63, 3.8) is 0 Å². The maximum absolute atomic E-state index is 10.7. The largest absolute Gasteiger partial charge is 0.370 e. The van der Waals surface area contributed by atoms with Gasteiger partial charge in [0, 0.05) is 19.3 Å². The van der Waals surface area contributed by atoms with E-state index in [1.54, 1.807) is 0 Å². The highest BCUT2D eigenvalue weighted by Gasteiger charge is 2.39. The Morgan fingerprint density at radius 3 is 2.40 bits per heavy atom. The fourth-order valence-corrected chi connectivity index (χ4v) is 2.54. The highest BCUT2D eigenvalue weighted by atomic mass is 16.7. The number of amides is 1. The van der Waals surface area contributed by atoms with Gasteiger partial charge < -0.3 is 15.2 Å². The Morgan fingerprint density at radius 2 is 1.87 bits per heavy atom. The van der Waals surface area contributed by atoms with Crippen LogP contribution in [-0.4, -0.2) is 24.9 Å². The summed E-state index contributed by atoms with van der Waals surface area (Å²) in [7, 11) is 0. The number of rotatable bonds is 3. The first-order valence-corrected chi connectivity index (χ1v) is 5.76. The van der Waals surface area contributed by atoms with E-state index in [4.69, 9.17) is 15.2 Å². The molecule has 2 fully saturated rings. The Bertz CT molecular complexity index is 226. The van der Waals surface area contributed by atoms with Crippen molar-refractivity contribution in [2.75, 3.05) is 13.2 Å². The van der Waals surface area contributed by atoms with Crippen LogP contribution in [0.4, 0.5) is 0 Å². The summed E-state index contributed by atoms with van der Waals surface area (Å²) in [5.74, 6) is 0.156. The second-order valence-electron chi connectivity index (χ2n) is 4.56. The zero-order valence-corrected chi connectivity index (χ0v) is 9.04. The minimum atomic E-state index is -0.275. The first kappa shape index (κ1) is 10.9. The van der Waals surface area contributed by atoms with E-state index in [1.807, 2.05) is 0 Å².